The molecule has 1 atom stereocenters. The number of ether oxygens (including phenoxy) is 1. The summed E-state index contributed by atoms with van der Waals surface area (Å²) in [6, 6.07) is 27.5. The molecule has 0 amide bonds. The topological polar surface area (TPSA) is 46.5 Å². The molecule has 0 aromatic heterocycles. The predicted octanol–water partition coefficient (Wildman–Crippen LogP) is 5.41. The van der Waals surface area contributed by atoms with Crippen LogP contribution in [0.2, 0.25) is 0 Å². The van der Waals surface area contributed by atoms with Gasteiger partial charge < -0.3 is 9.84 Å². The molecule has 3 nitrogen and oxygen atoms in total. The Morgan fingerprint density at radius 3 is 2.00 bits per heavy atom. The van der Waals surface area contributed by atoms with Crippen molar-refractivity contribution in [1.82, 2.24) is 0 Å². The van der Waals surface area contributed by atoms with Crippen molar-refractivity contribution in [2.24, 2.45) is 0 Å². The molecule has 0 fully saturated rings. The lowest BCUT2D eigenvalue weighted by molar-refractivity contribution is -0.144. The monoisotopic (exact) mass is 356 g/mol. The second-order valence-electron chi connectivity index (χ2n) is 7.00. The van der Waals surface area contributed by atoms with Gasteiger partial charge in [-0.15, -0.1) is 0 Å². The summed E-state index contributed by atoms with van der Waals surface area (Å²) in [6.07, 6.45) is 0. The SMILES string of the molecule is CC(COc1ccc2ccccc2c1)(C(=O)O)c1ccc2ccccc2c1. The van der Waals surface area contributed by atoms with Gasteiger partial charge in [0.15, 0.2) is 0 Å². The molecule has 0 aliphatic heterocycles. The van der Waals surface area contributed by atoms with E-state index in [2.05, 4.69) is 0 Å². The maximum absolute atomic E-state index is 12.1. The average Bonchev–Trinajstić information content (AvgIpc) is 2.71. The maximum atomic E-state index is 12.1. The lowest BCUT2D eigenvalue weighted by Crippen LogP contribution is -2.38. The fourth-order valence-electron chi connectivity index (χ4n) is 3.29. The summed E-state index contributed by atoms with van der Waals surface area (Å²) in [7, 11) is 0. The van der Waals surface area contributed by atoms with Crippen LogP contribution in [0.4, 0.5) is 0 Å². The van der Waals surface area contributed by atoms with Gasteiger partial charge in [-0.05, 0) is 52.2 Å². The first-order valence-electron chi connectivity index (χ1n) is 8.90. The Labute approximate surface area is 157 Å². The third kappa shape index (κ3) is 3.24. The molecule has 0 spiro atoms. The van der Waals surface area contributed by atoms with Crippen molar-refractivity contribution in [2.75, 3.05) is 6.61 Å². The quantitative estimate of drug-likeness (QED) is 0.520. The maximum Gasteiger partial charge on any atom is 0.317 e. The van der Waals surface area contributed by atoms with Crippen LogP contribution in [0, 0.1) is 0 Å². The number of benzene rings is 4. The van der Waals surface area contributed by atoms with Gasteiger partial charge >= 0.3 is 5.97 Å². The molecule has 0 bridgehead atoms. The number of hydrogen-bond donors (Lipinski definition) is 1. The van der Waals surface area contributed by atoms with E-state index in [-0.39, 0.29) is 6.61 Å². The number of aliphatic carboxylic acids is 1. The standard InChI is InChI=1S/C24H20O3/c1-24(23(25)26,21-12-10-17-6-2-4-8-19(17)14-21)16-27-22-13-11-18-7-3-5-9-20(18)15-22/h2-15H,16H2,1H3,(H,25,26). The molecule has 0 heterocycles. The van der Waals surface area contributed by atoms with Gasteiger partial charge in [-0.1, -0.05) is 66.7 Å². The molecule has 4 aromatic rings. The Hall–Kier alpha value is -3.33. The van der Waals surface area contributed by atoms with E-state index in [9.17, 15) is 9.90 Å². The highest BCUT2D eigenvalue weighted by atomic mass is 16.5. The molecule has 4 rings (SSSR count). The Morgan fingerprint density at radius 1 is 0.815 bits per heavy atom. The zero-order valence-corrected chi connectivity index (χ0v) is 15.1. The number of hydrogen-bond acceptors (Lipinski definition) is 2. The fraction of sp³-hybridized carbons (Fsp3) is 0.125. The molecule has 1 N–H and O–H groups in total. The summed E-state index contributed by atoms with van der Waals surface area (Å²) in [5.74, 6) is -0.236. The van der Waals surface area contributed by atoms with Gasteiger partial charge in [0.1, 0.15) is 17.8 Å². The molecule has 27 heavy (non-hydrogen) atoms. The molecule has 0 radical (unpaired) electrons. The summed E-state index contributed by atoms with van der Waals surface area (Å²) >= 11 is 0. The third-order valence-electron chi connectivity index (χ3n) is 5.11. The highest BCUT2D eigenvalue weighted by Gasteiger charge is 2.36. The predicted molar refractivity (Wildman–Crippen MR) is 108 cm³/mol. The van der Waals surface area contributed by atoms with Crippen molar-refractivity contribution in [3.05, 3.63) is 90.5 Å². The van der Waals surface area contributed by atoms with E-state index >= 15 is 0 Å². The Bertz CT molecular complexity index is 1130. The minimum atomic E-state index is -1.14. The summed E-state index contributed by atoms with van der Waals surface area (Å²) < 4.78 is 5.93. The second-order valence-corrected chi connectivity index (χ2v) is 7.00. The van der Waals surface area contributed by atoms with E-state index in [1.165, 1.54) is 0 Å². The first kappa shape index (κ1) is 17.1. The van der Waals surface area contributed by atoms with Gasteiger partial charge in [0, 0.05) is 0 Å². The molecule has 0 aliphatic carbocycles. The van der Waals surface area contributed by atoms with E-state index in [0.29, 0.717) is 5.75 Å². The zero-order chi connectivity index (χ0) is 18.9. The van der Waals surface area contributed by atoms with Crippen LogP contribution in [0.5, 0.6) is 5.75 Å². The first-order valence-corrected chi connectivity index (χ1v) is 8.90. The fourth-order valence-corrected chi connectivity index (χ4v) is 3.29. The van der Waals surface area contributed by atoms with E-state index in [1.54, 1.807) is 6.92 Å². The molecule has 4 aromatic carbocycles. The zero-order valence-electron chi connectivity index (χ0n) is 15.1. The van der Waals surface area contributed by atoms with E-state index < -0.39 is 11.4 Å². The van der Waals surface area contributed by atoms with Crippen LogP contribution in [0.15, 0.2) is 84.9 Å². The van der Waals surface area contributed by atoms with Crippen molar-refractivity contribution in [3.8, 4) is 5.75 Å². The molecule has 0 saturated heterocycles. The molecular formula is C24H20O3. The van der Waals surface area contributed by atoms with Crippen LogP contribution in [0.3, 0.4) is 0 Å². The first-order chi connectivity index (χ1) is 13.1. The summed E-state index contributed by atoms with van der Waals surface area (Å²) in [5, 5.41) is 14.2. The summed E-state index contributed by atoms with van der Waals surface area (Å²) in [5.41, 5.74) is -0.412. The van der Waals surface area contributed by atoms with Crippen molar-refractivity contribution < 1.29 is 14.6 Å². The van der Waals surface area contributed by atoms with Gasteiger partial charge in [-0.25, -0.2) is 0 Å². The van der Waals surface area contributed by atoms with Crippen molar-refractivity contribution >= 4 is 27.5 Å². The van der Waals surface area contributed by atoms with E-state index in [4.69, 9.17) is 4.74 Å². The molecule has 134 valence electrons. The smallest absolute Gasteiger partial charge is 0.317 e. The number of carboxylic acids is 1. The Kier molecular flexibility index (Phi) is 4.28. The number of fused-ring (bicyclic) bond motifs is 2. The van der Waals surface area contributed by atoms with Gasteiger partial charge in [-0.3, -0.25) is 4.79 Å². The number of carboxylic acid groups (broad SMARTS) is 1. The molecule has 0 aliphatic rings. The largest absolute Gasteiger partial charge is 0.492 e. The van der Waals surface area contributed by atoms with E-state index in [1.807, 2.05) is 84.9 Å². The van der Waals surface area contributed by atoms with Crippen LogP contribution in [-0.4, -0.2) is 17.7 Å². The van der Waals surface area contributed by atoms with Crippen molar-refractivity contribution in [3.63, 3.8) is 0 Å². The Balaban J connectivity index is 1.65. The molecule has 0 saturated carbocycles. The highest BCUT2D eigenvalue weighted by molar-refractivity contribution is 5.87. The van der Waals surface area contributed by atoms with Gasteiger partial charge in [-0.2, -0.15) is 0 Å². The Morgan fingerprint density at radius 2 is 1.37 bits per heavy atom. The normalized spacial score (nSPS) is 13.4. The lowest BCUT2D eigenvalue weighted by Gasteiger charge is -2.26. The van der Waals surface area contributed by atoms with E-state index in [0.717, 1.165) is 27.1 Å². The molecular weight excluding hydrogens is 336 g/mol. The van der Waals surface area contributed by atoms with Gasteiger partial charge in [0.2, 0.25) is 0 Å². The highest BCUT2D eigenvalue weighted by Crippen LogP contribution is 2.29. The molecule has 1 unspecified atom stereocenters. The van der Waals surface area contributed by atoms with Gasteiger partial charge in [0.25, 0.3) is 0 Å². The lowest BCUT2D eigenvalue weighted by atomic mass is 9.82. The third-order valence-corrected chi connectivity index (χ3v) is 5.11. The average molecular weight is 356 g/mol. The van der Waals surface area contributed by atoms with Crippen LogP contribution < -0.4 is 4.74 Å². The minimum absolute atomic E-state index is 0.0546. The molecule has 3 heteroatoms. The van der Waals surface area contributed by atoms with Crippen LogP contribution in [0.25, 0.3) is 21.5 Å². The second kappa shape index (κ2) is 6.76. The van der Waals surface area contributed by atoms with Crippen LogP contribution in [-0.2, 0) is 10.2 Å². The number of carbonyl (C=O) groups is 1. The van der Waals surface area contributed by atoms with Gasteiger partial charge in [0.05, 0.1) is 0 Å². The minimum Gasteiger partial charge on any atom is -0.492 e. The van der Waals surface area contributed by atoms with Crippen molar-refractivity contribution in [2.45, 2.75) is 12.3 Å². The van der Waals surface area contributed by atoms with Crippen molar-refractivity contribution in [1.29, 1.82) is 0 Å². The van der Waals surface area contributed by atoms with Crippen LogP contribution >= 0.6 is 0 Å². The van der Waals surface area contributed by atoms with Crippen LogP contribution in [0.1, 0.15) is 12.5 Å². The summed E-state index contributed by atoms with van der Waals surface area (Å²) in [4.78, 5) is 12.1. The summed E-state index contributed by atoms with van der Waals surface area (Å²) in [6.45, 7) is 1.76. The number of rotatable bonds is 5.